The number of hydrogen-bond acceptors (Lipinski definition) is 4. The molecule has 6 nitrogen and oxygen atoms in total. The van der Waals surface area contributed by atoms with E-state index in [1.807, 2.05) is 25.1 Å². The molecule has 1 atom stereocenters. The third-order valence-electron chi connectivity index (χ3n) is 3.17. The number of rotatable bonds is 4. The highest BCUT2D eigenvalue weighted by atomic mass is 32.2. The molecule has 1 aliphatic rings. The number of primary amides is 1. The smallest absolute Gasteiger partial charge is 0.247 e. The maximum atomic E-state index is 12.4. The van der Waals surface area contributed by atoms with E-state index in [1.165, 1.54) is 4.31 Å². The molecule has 0 radical (unpaired) electrons. The zero-order valence-corrected chi connectivity index (χ0v) is 12.1. The lowest BCUT2D eigenvalue weighted by Crippen LogP contribution is -2.50. The second kappa shape index (κ2) is 5.90. The average Bonchev–Trinajstić information content (AvgIpc) is 2.38. The summed E-state index contributed by atoms with van der Waals surface area (Å²) in [5.74, 6) is -0.722. The summed E-state index contributed by atoms with van der Waals surface area (Å²) in [6.45, 7) is 2.33. The van der Waals surface area contributed by atoms with Crippen LogP contribution in [0.5, 0.6) is 0 Å². The van der Waals surface area contributed by atoms with Crippen LogP contribution in [0.15, 0.2) is 24.3 Å². The Morgan fingerprint density at radius 3 is 2.90 bits per heavy atom. The minimum Gasteiger partial charge on any atom is -0.367 e. The molecular formula is C13H18N2O4S. The molecule has 1 fully saturated rings. The predicted octanol–water partition coefficient (Wildman–Crippen LogP) is 0.0109. The Kier molecular flexibility index (Phi) is 4.42. The SMILES string of the molecule is Cc1cccc(CS(=O)(=O)N2CCOC(C(N)=O)C2)c1. The second-order valence-electron chi connectivity index (χ2n) is 4.87. The number of aryl methyl sites for hydroxylation is 1. The molecule has 20 heavy (non-hydrogen) atoms. The van der Waals surface area contributed by atoms with Gasteiger partial charge < -0.3 is 10.5 Å². The molecule has 1 unspecified atom stereocenters. The molecule has 2 rings (SSSR count). The fourth-order valence-electron chi connectivity index (χ4n) is 2.15. The summed E-state index contributed by atoms with van der Waals surface area (Å²) in [4.78, 5) is 11.1. The molecule has 1 aromatic rings. The lowest BCUT2D eigenvalue weighted by molar-refractivity contribution is -0.132. The third kappa shape index (κ3) is 3.56. The van der Waals surface area contributed by atoms with Crippen LogP contribution in [0.3, 0.4) is 0 Å². The quantitative estimate of drug-likeness (QED) is 0.848. The molecule has 0 bridgehead atoms. The molecule has 1 saturated heterocycles. The number of carbonyl (C=O) groups is 1. The number of nitrogens with zero attached hydrogens (tertiary/aromatic N) is 1. The lowest BCUT2D eigenvalue weighted by Gasteiger charge is -2.30. The van der Waals surface area contributed by atoms with Crippen LogP contribution in [0.2, 0.25) is 0 Å². The fraction of sp³-hybridized carbons (Fsp3) is 0.462. The number of ether oxygens (including phenoxy) is 1. The van der Waals surface area contributed by atoms with Crippen molar-refractivity contribution in [1.29, 1.82) is 0 Å². The van der Waals surface area contributed by atoms with Gasteiger partial charge in [-0.15, -0.1) is 0 Å². The highest BCUT2D eigenvalue weighted by molar-refractivity contribution is 7.88. The van der Waals surface area contributed by atoms with Crippen molar-refractivity contribution in [2.45, 2.75) is 18.8 Å². The van der Waals surface area contributed by atoms with E-state index >= 15 is 0 Å². The predicted molar refractivity (Wildman–Crippen MR) is 74.3 cm³/mol. The minimum atomic E-state index is -3.47. The number of carbonyl (C=O) groups excluding carboxylic acids is 1. The summed E-state index contributed by atoms with van der Waals surface area (Å²) in [6.07, 6.45) is -0.865. The Bertz CT molecular complexity index is 600. The van der Waals surface area contributed by atoms with E-state index < -0.39 is 22.0 Å². The van der Waals surface area contributed by atoms with Gasteiger partial charge in [-0.25, -0.2) is 8.42 Å². The third-order valence-corrected chi connectivity index (χ3v) is 4.99. The first kappa shape index (κ1) is 15.0. The van der Waals surface area contributed by atoms with E-state index in [4.69, 9.17) is 10.5 Å². The largest absolute Gasteiger partial charge is 0.367 e. The molecule has 0 aliphatic carbocycles. The molecule has 1 aliphatic heterocycles. The summed E-state index contributed by atoms with van der Waals surface area (Å²) < 4.78 is 31.1. The Labute approximate surface area is 118 Å². The first-order chi connectivity index (χ1) is 9.38. The Balaban J connectivity index is 2.12. The number of benzene rings is 1. The number of hydrogen-bond donors (Lipinski definition) is 1. The van der Waals surface area contributed by atoms with Gasteiger partial charge in [0.2, 0.25) is 15.9 Å². The molecule has 0 saturated carbocycles. The topological polar surface area (TPSA) is 89.7 Å². The van der Waals surface area contributed by atoms with Gasteiger partial charge in [0, 0.05) is 13.1 Å². The van der Waals surface area contributed by atoms with Crippen LogP contribution >= 0.6 is 0 Å². The number of nitrogens with two attached hydrogens (primary N) is 1. The molecule has 7 heteroatoms. The molecule has 1 heterocycles. The molecule has 0 spiro atoms. The zero-order chi connectivity index (χ0) is 14.8. The van der Waals surface area contributed by atoms with E-state index in [0.717, 1.165) is 11.1 Å². The monoisotopic (exact) mass is 298 g/mol. The molecule has 1 amide bonds. The van der Waals surface area contributed by atoms with Gasteiger partial charge in [0.05, 0.1) is 12.4 Å². The summed E-state index contributed by atoms with van der Waals surface area (Å²) >= 11 is 0. The van der Waals surface area contributed by atoms with Crippen molar-refractivity contribution in [1.82, 2.24) is 4.31 Å². The van der Waals surface area contributed by atoms with Crippen LogP contribution in [0.1, 0.15) is 11.1 Å². The van der Waals surface area contributed by atoms with Crippen molar-refractivity contribution in [3.8, 4) is 0 Å². The van der Waals surface area contributed by atoms with Crippen LogP contribution in [0.4, 0.5) is 0 Å². The lowest BCUT2D eigenvalue weighted by atomic mass is 10.2. The highest BCUT2D eigenvalue weighted by Crippen LogP contribution is 2.15. The molecule has 1 aromatic carbocycles. The van der Waals surface area contributed by atoms with E-state index in [9.17, 15) is 13.2 Å². The summed E-state index contributed by atoms with van der Waals surface area (Å²) in [5.41, 5.74) is 6.90. The normalized spacial score (nSPS) is 20.8. The van der Waals surface area contributed by atoms with Gasteiger partial charge in [-0.3, -0.25) is 4.79 Å². The standard InChI is InChI=1S/C13H18N2O4S/c1-10-3-2-4-11(7-10)9-20(17,18)15-5-6-19-12(8-15)13(14)16/h2-4,7,12H,5-6,8-9H2,1H3,(H2,14,16). The zero-order valence-electron chi connectivity index (χ0n) is 11.3. The van der Waals surface area contributed by atoms with Crippen LogP contribution < -0.4 is 5.73 Å². The van der Waals surface area contributed by atoms with Gasteiger partial charge in [-0.1, -0.05) is 29.8 Å². The highest BCUT2D eigenvalue weighted by Gasteiger charge is 2.32. The van der Waals surface area contributed by atoms with Crippen molar-refractivity contribution in [2.24, 2.45) is 5.73 Å². The number of morpholine rings is 1. The summed E-state index contributed by atoms with van der Waals surface area (Å²) in [5, 5.41) is 0. The fourth-order valence-corrected chi connectivity index (χ4v) is 3.65. The maximum absolute atomic E-state index is 12.4. The van der Waals surface area contributed by atoms with Gasteiger partial charge in [0.1, 0.15) is 6.10 Å². The Hall–Kier alpha value is -1.44. The van der Waals surface area contributed by atoms with E-state index in [1.54, 1.807) is 6.07 Å². The molecule has 2 N–H and O–H groups in total. The van der Waals surface area contributed by atoms with Crippen molar-refractivity contribution >= 4 is 15.9 Å². The summed E-state index contributed by atoms with van der Waals surface area (Å²) in [6, 6.07) is 7.35. The number of sulfonamides is 1. The van der Waals surface area contributed by atoms with E-state index in [2.05, 4.69) is 0 Å². The average molecular weight is 298 g/mol. The molecule has 110 valence electrons. The van der Waals surface area contributed by atoms with Crippen LogP contribution in [-0.4, -0.2) is 44.4 Å². The first-order valence-corrected chi connectivity index (χ1v) is 7.94. The van der Waals surface area contributed by atoms with Crippen molar-refractivity contribution in [3.05, 3.63) is 35.4 Å². The second-order valence-corrected chi connectivity index (χ2v) is 6.83. The number of amides is 1. The van der Waals surface area contributed by atoms with Gasteiger partial charge in [-0.05, 0) is 12.5 Å². The van der Waals surface area contributed by atoms with Gasteiger partial charge in [-0.2, -0.15) is 4.31 Å². The van der Waals surface area contributed by atoms with Gasteiger partial charge >= 0.3 is 0 Å². The molecular weight excluding hydrogens is 280 g/mol. The maximum Gasteiger partial charge on any atom is 0.247 e. The van der Waals surface area contributed by atoms with Gasteiger partial charge in [0.25, 0.3) is 0 Å². The van der Waals surface area contributed by atoms with E-state index in [-0.39, 0.29) is 25.4 Å². The van der Waals surface area contributed by atoms with Gasteiger partial charge in [0.15, 0.2) is 0 Å². The van der Waals surface area contributed by atoms with Crippen molar-refractivity contribution in [3.63, 3.8) is 0 Å². The van der Waals surface area contributed by atoms with Crippen LogP contribution in [0, 0.1) is 6.92 Å². The Morgan fingerprint density at radius 1 is 1.50 bits per heavy atom. The molecule has 0 aromatic heterocycles. The Morgan fingerprint density at radius 2 is 2.25 bits per heavy atom. The van der Waals surface area contributed by atoms with Crippen LogP contribution in [0.25, 0.3) is 0 Å². The van der Waals surface area contributed by atoms with Crippen molar-refractivity contribution < 1.29 is 17.9 Å². The first-order valence-electron chi connectivity index (χ1n) is 6.33. The minimum absolute atomic E-state index is 0.0104. The summed E-state index contributed by atoms with van der Waals surface area (Å²) in [7, 11) is -3.47. The van der Waals surface area contributed by atoms with Crippen molar-refractivity contribution in [2.75, 3.05) is 19.7 Å². The van der Waals surface area contributed by atoms with Crippen LogP contribution in [-0.2, 0) is 25.3 Å². The van der Waals surface area contributed by atoms with E-state index in [0.29, 0.717) is 0 Å².